The summed E-state index contributed by atoms with van der Waals surface area (Å²) in [5.74, 6) is -1.47. The second-order valence-electron chi connectivity index (χ2n) is 8.92. The summed E-state index contributed by atoms with van der Waals surface area (Å²) in [4.78, 5) is 34.4. The minimum atomic E-state index is -4.01. The number of hydrogen-bond donors (Lipinski definition) is 0. The molecule has 2 saturated heterocycles. The maximum Gasteiger partial charge on any atom is 0.339 e. The highest BCUT2D eigenvalue weighted by Crippen LogP contribution is 2.47. The molecule has 4 aromatic carbocycles. The van der Waals surface area contributed by atoms with Gasteiger partial charge in [-0.15, -0.1) is 0 Å². The second kappa shape index (κ2) is 9.44. The van der Waals surface area contributed by atoms with Gasteiger partial charge in [0.15, 0.2) is 6.10 Å². The van der Waals surface area contributed by atoms with E-state index in [1.165, 1.54) is 29.2 Å². The van der Waals surface area contributed by atoms with E-state index in [-0.39, 0.29) is 16.6 Å². The number of anilines is 2. The van der Waals surface area contributed by atoms with Crippen molar-refractivity contribution in [3.63, 3.8) is 0 Å². The van der Waals surface area contributed by atoms with Crippen LogP contribution in [-0.4, -0.2) is 26.3 Å². The largest absolute Gasteiger partial charge is 0.379 e. The normalized spacial score (nSPS) is 21.0. The van der Waals surface area contributed by atoms with Crippen LogP contribution < -0.4 is 14.1 Å². The number of benzene rings is 4. The standard InChI is InChI=1S/C29H22N2O6S/c32-28-25-26(20-16-18-23(19-17-20)37-38(34,35)24-14-8-3-9-15-24)31(22-12-6-2-7-13-22)36-27(25)29(33)30(28)21-10-4-1-5-11-21/h1-19,25-27H/t25-,26-,27+/m0/s1. The lowest BCUT2D eigenvalue weighted by molar-refractivity contribution is -0.126. The first kappa shape index (κ1) is 23.9. The van der Waals surface area contributed by atoms with Gasteiger partial charge in [-0.3, -0.25) is 14.4 Å². The van der Waals surface area contributed by atoms with Gasteiger partial charge in [-0.05, 0) is 54.1 Å². The smallest absolute Gasteiger partial charge is 0.339 e. The molecular weight excluding hydrogens is 504 g/mol. The number of imide groups is 1. The van der Waals surface area contributed by atoms with Gasteiger partial charge in [-0.25, -0.2) is 9.96 Å². The fourth-order valence-electron chi connectivity index (χ4n) is 4.87. The Balaban J connectivity index is 1.34. The van der Waals surface area contributed by atoms with Crippen LogP contribution in [0.5, 0.6) is 5.75 Å². The van der Waals surface area contributed by atoms with Gasteiger partial charge in [0.2, 0.25) is 5.91 Å². The quantitative estimate of drug-likeness (QED) is 0.270. The van der Waals surface area contributed by atoms with Gasteiger partial charge in [0.1, 0.15) is 16.6 Å². The van der Waals surface area contributed by atoms with E-state index in [1.807, 2.05) is 36.4 Å². The third-order valence-corrected chi connectivity index (χ3v) is 7.86. The van der Waals surface area contributed by atoms with Crippen LogP contribution >= 0.6 is 0 Å². The number of fused-ring (bicyclic) bond motifs is 1. The van der Waals surface area contributed by atoms with Gasteiger partial charge in [0.25, 0.3) is 5.91 Å². The van der Waals surface area contributed by atoms with Crippen LogP contribution in [0.4, 0.5) is 11.4 Å². The number of amides is 2. The average molecular weight is 527 g/mol. The van der Waals surface area contributed by atoms with E-state index < -0.39 is 34.1 Å². The molecule has 0 radical (unpaired) electrons. The minimum Gasteiger partial charge on any atom is -0.379 e. The van der Waals surface area contributed by atoms with E-state index >= 15 is 0 Å². The number of para-hydroxylation sites is 2. The Kier molecular flexibility index (Phi) is 5.94. The molecule has 0 aliphatic carbocycles. The predicted molar refractivity (Wildman–Crippen MR) is 140 cm³/mol. The van der Waals surface area contributed by atoms with Crippen molar-refractivity contribution in [1.29, 1.82) is 0 Å². The zero-order valence-electron chi connectivity index (χ0n) is 20.0. The van der Waals surface area contributed by atoms with Crippen LogP contribution in [0, 0.1) is 5.92 Å². The highest BCUT2D eigenvalue weighted by Gasteiger charge is 2.60. The van der Waals surface area contributed by atoms with E-state index in [0.717, 1.165) is 0 Å². The summed E-state index contributed by atoms with van der Waals surface area (Å²) < 4.78 is 30.6. The fourth-order valence-corrected chi connectivity index (χ4v) is 5.82. The first-order chi connectivity index (χ1) is 18.4. The van der Waals surface area contributed by atoms with Crippen LogP contribution in [0.3, 0.4) is 0 Å². The summed E-state index contributed by atoms with van der Waals surface area (Å²) in [7, 11) is -4.01. The molecule has 190 valence electrons. The zero-order chi connectivity index (χ0) is 26.3. The maximum atomic E-state index is 13.7. The Labute approximate surface area is 219 Å². The molecule has 6 rings (SSSR count). The summed E-state index contributed by atoms with van der Waals surface area (Å²) in [6, 6.07) is 31.6. The van der Waals surface area contributed by atoms with E-state index in [1.54, 1.807) is 59.7 Å². The van der Waals surface area contributed by atoms with Gasteiger partial charge >= 0.3 is 10.1 Å². The molecule has 0 unspecified atom stereocenters. The van der Waals surface area contributed by atoms with Gasteiger partial charge in [-0.1, -0.05) is 66.7 Å². The summed E-state index contributed by atoms with van der Waals surface area (Å²) in [5.41, 5.74) is 1.84. The molecular formula is C29H22N2O6S. The van der Waals surface area contributed by atoms with Crippen LogP contribution in [-0.2, 0) is 24.5 Å². The maximum absolute atomic E-state index is 13.7. The van der Waals surface area contributed by atoms with Crippen LogP contribution in [0.25, 0.3) is 0 Å². The van der Waals surface area contributed by atoms with Crippen molar-refractivity contribution in [3.05, 3.63) is 121 Å². The lowest BCUT2D eigenvalue weighted by atomic mass is 9.90. The number of carbonyl (C=O) groups excluding carboxylic acids is 2. The third kappa shape index (κ3) is 4.11. The Morgan fingerprint density at radius 2 is 1.21 bits per heavy atom. The SMILES string of the molecule is O=C1[C@@H]2[C@@H](ON(c3ccccc3)[C@H]2c2ccc(OS(=O)(=O)c3ccccc3)cc2)C(=O)N1c1ccccc1. The average Bonchev–Trinajstić information content (AvgIpc) is 3.46. The van der Waals surface area contributed by atoms with Gasteiger partial charge in [0, 0.05) is 0 Å². The van der Waals surface area contributed by atoms with Crippen molar-refractivity contribution in [2.45, 2.75) is 17.0 Å². The first-order valence-electron chi connectivity index (χ1n) is 12.0. The second-order valence-corrected chi connectivity index (χ2v) is 10.5. The molecule has 3 atom stereocenters. The van der Waals surface area contributed by atoms with E-state index in [0.29, 0.717) is 16.9 Å². The minimum absolute atomic E-state index is 0.0439. The molecule has 2 fully saturated rings. The van der Waals surface area contributed by atoms with Crippen molar-refractivity contribution in [1.82, 2.24) is 0 Å². The van der Waals surface area contributed by atoms with E-state index in [4.69, 9.17) is 9.02 Å². The van der Waals surface area contributed by atoms with E-state index in [2.05, 4.69) is 0 Å². The monoisotopic (exact) mass is 526 g/mol. The zero-order valence-corrected chi connectivity index (χ0v) is 20.8. The Morgan fingerprint density at radius 3 is 1.82 bits per heavy atom. The number of carbonyl (C=O) groups is 2. The highest BCUT2D eigenvalue weighted by molar-refractivity contribution is 7.87. The first-order valence-corrected chi connectivity index (χ1v) is 13.4. The van der Waals surface area contributed by atoms with Gasteiger partial charge in [-0.2, -0.15) is 8.42 Å². The molecule has 9 heteroatoms. The van der Waals surface area contributed by atoms with Crippen molar-refractivity contribution >= 4 is 33.3 Å². The fraction of sp³-hybridized carbons (Fsp3) is 0.103. The molecule has 0 spiro atoms. The van der Waals surface area contributed by atoms with Crippen molar-refractivity contribution in [2.75, 3.05) is 9.96 Å². The molecule has 2 aliphatic rings. The summed E-state index contributed by atoms with van der Waals surface area (Å²) in [6.45, 7) is 0. The van der Waals surface area contributed by atoms with Crippen LogP contribution in [0.1, 0.15) is 11.6 Å². The molecule has 2 heterocycles. The van der Waals surface area contributed by atoms with Crippen molar-refractivity contribution < 1.29 is 27.0 Å². The Bertz CT molecular complexity index is 1580. The van der Waals surface area contributed by atoms with Crippen LogP contribution in [0.2, 0.25) is 0 Å². The van der Waals surface area contributed by atoms with Crippen molar-refractivity contribution in [2.24, 2.45) is 5.92 Å². The number of rotatable bonds is 6. The molecule has 0 aromatic heterocycles. The number of nitrogens with zero attached hydrogens (tertiary/aromatic N) is 2. The molecule has 4 aromatic rings. The van der Waals surface area contributed by atoms with Gasteiger partial charge < -0.3 is 4.18 Å². The number of hydroxylamine groups is 1. The van der Waals surface area contributed by atoms with Crippen molar-refractivity contribution in [3.8, 4) is 5.75 Å². The Morgan fingerprint density at radius 1 is 0.658 bits per heavy atom. The molecule has 2 amide bonds. The molecule has 8 nitrogen and oxygen atoms in total. The van der Waals surface area contributed by atoms with Gasteiger partial charge in [0.05, 0.1) is 17.4 Å². The lowest BCUT2D eigenvalue weighted by Gasteiger charge is -2.28. The Hall–Kier alpha value is -4.47. The summed E-state index contributed by atoms with van der Waals surface area (Å²) >= 11 is 0. The lowest BCUT2D eigenvalue weighted by Crippen LogP contribution is -2.37. The molecule has 0 saturated carbocycles. The summed E-state index contributed by atoms with van der Waals surface area (Å²) in [6.07, 6.45) is -0.998. The predicted octanol–water partition coefficient (Wildman–Crippen LogP) is 4.51. The summed E-state index contributed by atoms with van der Waals surface area (Å²) in [5, 5.41) is 1.59. The number of hydrogen-bond acceptors (Lipinski definition) is 7. The highest BCUT2D eigenvalue weighted by atomic mass is 32.2. The molecule has 2 aliphatic heterocycles. The molecule has 0 N–H and O–H groups in total. The topological polar surface area (TPSA) is 93.2 Å². The van der Waals surface area contributed by atoms with E-state index in [9.17, 15) is 18.0 Å². The molecule has 0 bridgehead atoms. The molecule has 38 heavy (non-hydrogen) atoms. The third-order valence-electron chi connectivity index (χ3n) is 6.60. The van der Waals surface area contributed by atoms with Crippen LogP contribution in [0.15, 0.2) is 120 Å².